The average molecular weight is 413 g/mol. The van der Waals surface area contributed by atoms with Crippen molar-refractivity contribution in [2.75, 3.05) is 4.90 Å². The number of nitrogens with zero attached hydrogens (tertiary/aromatic N) is 1. The van der Waals surface area contributed by atoms with Crippen molar-refractivity contribution >= 4 is 34.1 Å². The third-order valence-electron chi connectivity index (χ3n) is 5.88. The van der Waals surface area contributed by atoms with Crippen LogP contribution in [0.5, 0.6) is 0 Å². The number of benzene rings is 3. The number of Topliss-reactive ketones (excluding diaryl/α,β-unsaturated/α-hetero) is 1. The molecule has 1 heterocycles. The summed E-state index contributed by atoms with van der Waals surface area (Å²) in [7, 11) is 0. The van der Waals surface area contributed by atoms with Gasteiger partial charge in [-0.05, 0) is 53.4 Å². The highest BCUT2D eigenvalue weighted by Gasteiger charge is 2.47. The quantitative estimate of drug-likeness (QED) is 0.646. The van der Waals surface area contributed by atoms with Crippen LogP contribution >= 0.6 is 0 Å². The van der Waals surface area contributed by atoms with E-state index >= 15 is 0 Å². The molecular weight excluding hydrogens is 394 g/mol. The van der Waals surface area contributed by atoms with Crippen molar-refractivity contribution in [3.05, 3.63) is 89.2 Å². The number of aliphatic hydroxyl groups excluding tert-OH is 1. The van der Waals surface area contributed by atoms with Gasteiger partial charge in [0, 0.05) is 11.6 Å². The molecule has 1 aliphatic heterocycles. The van der Waals surface area contributed by atoms with Gasteiger partial charge in [-0.15, -0.1) is 0 Å². The number of ketones is 1. The molecule has 6 heteroatoms. The van der Waals surface area contributed by atoms with Crippen LogP contribution < -0.4 is 4.90 Å². The molecule has 0 radical (unpaired) electrons. The van der Waals surface area contributed by atoms with Crippen molar-refractivity contribution in [3.63, 3.8) is 0 Å². The van der Waals surface area contributed by atoms with Crippen LogP contribution in [-0.4, -0.2) is 27.9 Å². The van der Waals surface area contributed by atoms with Gasteiger partial charge in [-0.1, -0.05) is 42.5 Å². The largest absolute Gasteiger partial charge is 0.503 e. The number of carboxylic acids is 1. The molecule has 31 heavy (non-hydrogen) atoms. The first-order chi connectivity index (χ1) is 15.0. The summed E-state index contributed by atoms with van der Waals surface area (Å²) in [6.07, 6.45) is 1.48. The van der Waals surface area contributed by atoms with Gasteiger partial charge >= 0.3 is 5.97 Å². The standard InChI is InChI=1S/C25H19NO5/c27-22(15-9-10-15)20-21(17-11-8-14-4-1-2-5-16(14)12-17)26(24(29)23(20)28)19-7-3-6-18(13-19)25(30)31/h1-8,11-13,15,21,28H,9-10H2,(H,30,31)/t21-/m0/s1. The van der Waals surface area contributed by atoms with Gasteiger partial charge in [0.05, 0.1) is 17.2 Å². The Morgan fingerprint density at radius 3 is 2.35 bits per heavy atom. The lowest BCUT2D eigenvalue weighted by molar-refractivity contribution is -0.118. The molecule has 0 spiro atoms. The SMILES string of the molecule is O=C(O)c1cccc(N2C(=O)C(O)=C(C(=O)C3CC3)[C@@H]2c2ccc3ccccc3c2)c1. The fraction of sp³-hybridized carbons (Fsp3) is 0.160. The fourth-order valence-electron chi connectivity index (χ4n) is 4.17. The molecule has 3 aromatic rings. The van der Waals surface area contributed by atoms with E-state index in [4.69, 9.17) is 0 Å². The summed E-state index contributed by atoms with van der Waals surface area (Å²) in [6.45, 7) is 0. The predicted molar refractivity (Wildman–Crippen MR) is 115 cm³/mol. The molecule has 3 aromatic carbocycles. The fourth-order valence-corrected chi connectivity index (χ4v) is 4.17. The second kappa shape index (κ2) is 7.09. The van der Waals surface area contributed by atoms with Crippen molar-refractivity contribution in [1.82, 2.24) is 0 Å². The highest BCUT2D eigenvalue weighted by atomic mass is 16.4. The number of amides is 1. The minimum absolute atomic E-state index is 0.0176. The van der Waals surface area contributed by atoms with Crippen molar-refractivity contribution in [3.8, 4) is 0 Å². The molecule has 1 atom stereocenters. The Morgan fingerprint density at radius 2 is 1.65 bits per heavy atom. The molecule has 1 amide bonds. The molecule has 1 saturated carbocycles. The lowest BCUT2D eigenvalue weighted by Crippen LogP contribution is -2.31. The number of hydrogen-bond acceptors (Lipinski definition) is 4. The summed E-state index contributed by atoms with van der Waals surface area (Å²) in [5, 5.41) is 22.0. The maximum atomic E-state index is 13.1. The topological polar surface area (TPSA) is 94.9 Å². The van der Waals surface area contributed by atoms with Gasteiger partial charge < -0.3 is 10.2 Å². The highest BCUT2D eigenvalue weighted by molar-refractivity contribution is 6.17. The smallest absolute Gasteiger partial charge is 0.335 e. The van der Waals surface area contributed by atoms with E-state index in [1.54, 1.807) is 12.1 Å². The lowest BCUT2D eigenvalue weighted by atomic mass is 9.92. The van der Waals surface area contributed by atoms with E-state index < -0.39 is 23.7 Å². The van der Waals surface area contributed by atoms with Crippen LogP contribution in [0.15, 0.2) is 78.1 Å². The Bertz CT molecular complexity index is 1290. The average Bonchev–Trinajstić information content (AvgIpc) is 3.60. The van der Waals surface area contributed by atoms with Crippen LogP contribution in [0.2, 0.25) is 0 Å². The van der Waals surface area contributed by atoms with E-state index in [2.05, 4.69) is 0 Å². The maximum absolute atomic E-state index is 13.1. The Hall–Kier alpha value is -3.93. The first-order valence-electron chi connectivity index (χ1n) is 10.1. The molecule has 2 N–H and O–H groups in total. The van der Waals surface area contributed by atoms with Crippen LogP contribution in [0, 0.1) is 5.92 Å². The molecule has 1 aliphatic carbocycles. The summed E-state index contributed by atoms with van der Waals surface area (Å²) >= 11 is 0. The van der Waals surface area contributed by atoms with Gasteiger partial charge in [-0.2, -0.15) is 0 Å². The van der Waals surface area contributed by atoms with Gasteiger partial charge in [0.2, 0.25) is 0 Å². The summed E-state index contributed by atoms with van der Waals surface area (Å²) in [5.41, 5.74) is 1.10. The predicted octanol–water partition coefficient (Wildman–Crippen LogP) is 4.42. The summed E-state index contributed by atoms with van der Waals surface area (Å²) in [6, 6.07) is 18.5. The van der Waals surface area contributed by atoms with Crippen LogP contribution in [0.4, 0.5) is 5.69 Å². The van der Waals surface area contributed by atoms with Gasteiger partial charge in [-0.25, -0.2) is 4.79 Å². The number of aromatic carboxylic acids is 1. The summed E-state index contributed by atoms with van der Waals surface area (Å²) in [4.78, 5) is 39.0. The number of aliphatic hydroxyl groups is 1. The molecule has 0 unspecified atom stereocenters. The van der Waals surface area contributed by atoms with Gasteiger partial charge in [-0.3, -0.25) is 14.5 Å². The molecule has 2 aliphatic rings. The number of rotatable bonds is 5. The Kier molecular flexibility index (Phi) is 4.36. The molecular formula is C25H19NO5. The van der Waals surface area contributed by atoms with E-state index in [0.29, 0.717) is 11.3 Å². The van der Waals surface area contributed by atoms with E-state index in [1.165, 1.54) is 17.0 Å². The van der Waals surface area contributed by atoms with Crippen molar-refractivity contribution in [2.45, 2.75) is 18.9 Å². The maximum Gasteiger partial charge on any atom is 0.335 e. The zero-order chi connectivity index (χ0) is 21.7. The zero-order valence-electron chi connectivity index (χ0n) is 16.5. The van der Waals surface area contributed by atoms with Gasteiger partial charge in [0.25, 0.3) is 5.91 Å². The van der Waals surface area contributed by atoms with Crippen LogP contribution in [0.25, 0.3) is 10.8 Å². The van der Waals surface area contributed by atoms with Crippen molar-refractivity contribution in [1.29, 1.82) is 0 Å². The van der Waals surface area contributed by atoms with Crippen molar-refractivity contribution < 1.29 is 24.6 Å². The molecule has 1 fully saturated rings. The highest BCUT2D eigenvalue weighted by Crippen LogP contribution is 2.45. The third-order valence-corrected chi connectivity index (χ3v) is 5.88. The number of carbonyl (C=O) groups excluding carboxylic acids is 2. The van der Waals surface area contributed by atoms with Crippen LogP contribution in [0.3, 0.4) is 0 Å². The first-order valence-corrected chi connectivity index (χ1v) is 10.1. The van der Waals surface area contributed by atoms with E-state index in [-0.39, 0.29) is 22.8 Å². The van der Waals surface area contributed by atoms with Crippen LogP contribution in [0.1, 0.15) is 34.8 Å². The Labute approximate surface area is 178 Å². The second-order valence-corrected chi connectivity index (χ2v) is 7.94. The summed E-state index contributed by atoms with van der Waals surface area (Å²) < 4.78 is 0. The second-order valence-electron chi connectivity index (χ2n) is 7.94. The normalized spacial score (nSPS) is 18.6. The molecule has 0 aromatic heterocycles. The summed E-state index contributed by atoms with van der Waals surface area (Å²) in [5.74, 6) is -2.79. The minimum atomic E-state index is -1.12. The minimum Gasteiger partial charge on any atom is -0.503 e. The lowest BCUT2D eigenvalue weighted by Gasteiger charge is -2.27. The molecule has 5 rings (SSSR count). The number of carboxylic acid groups (broad SMARTS) is 1. The first kappa shape index (κ1) is 19.1. The zero-order valence-corrected chi connectivity index (χ0v) is 16.5. The molecule has 6 nitrogen and oxygen atoms in total. The van der Waals surface area contributed by atoms with Crippen LogP contribution in [-0.2, 0) is 9.59 Å². The number of hydrogen-bond donors (Lipinski definition) is 2. The Morgan fingerprint density at radius 1 is 0.903 bits per heavy atom. The monoisotopic (exact) mass is 413 g/mol. The molecule has 0 bridgehead atoms. The molecule has 0 saturated heterocycles. The number of carbonyl (C=O) groups is 3. The number of anilines is 1. The van der Waals surface area contributed by atoms with E-state index in [0.717, 1.165) is 23.6 Å². The Balaban J connectivity index is 1.69. The number of fused-ring (bicyclic) bond motifs is 1. The molecule has 154 valence electrons. The third kappa shape index (κ3) is 3.17. The van der Waals surface area contributed by atoms with Gasteiger partial charge in [0.15, 0.2) is 11.5 Å². The van der Waals surface area contributed by atoms with Gasteiger partial charge in [0.1, 0.15) is 0 Å². The van der Waals surface area contributed by atoms with Crippen molar-refractivity contribution in [2.24, 2.45) is 5.92 Å². The van der Waals surface area contributed by atoms with E-state index in [9.17, 15) is 24.6 Å². The van der Waals surface area contributed by atoms with E-state index in [1.807, 2.05) is 42.5 Å².